The van der Waals surface area contributed by atoms with Crippen LogP contribution in [0.25, 0.3) is 0 Å². The number of hydrogen-bond donors (Lipinski definition) is 0. The molecule has 130 valence electrons. The number of aromatic nitrogens is 3. The molecule has 6 nitrogen and oxygen atoms in total. The predicted octanol–water partition coefficient (Wildman–Crippen LogP) is 2.20. The second kappa shape index (κ2) is 6.43. The van der Waals surface area contributed by atoms with Crippen molar-refractivity contribution >= 4 is 11.7 Å². The van der Waals surface area contributed by atoms with E-state index in [1.165, 1.54) is 0 Å². The molecule has 1 spiro atoms. The molecular weight excluding hydrogens is 314 g/mol. The third kappa shape index (κ3) is 3.08. The summed E-state index contributed by atoms with van der Waals surface area (Å²) in [4.78, 5) is 21.5. The Balaban J connectivity index is 1.49. The Labute approximate surface area is 147 Å². The predicted molar refractivity (Wildman–Crippen MR) is 94.9 cm³/mol. The van der Waals surface area contributed by atoms with Crippen LogP contribution in [0.3, 0.4) is 0 Å². The van der Waals surface area contributed by atoms with E-state index in [1.54, 1.807) is 6.20 Å². The van der Waals surface area contributed by atoms with Crippen molar-refractivity contribution < 1.29 is 4.79 Å². The highest BCUT2D eigenvalue weighted by Crippen LogP contribution is 2.41. The van der Waals surface area contributed by atoms with Crippen LogP contribution in [0.5, 0.6) is 0 Å². The van der Waals surface area contributed by atoms with Crippen LogP contribution in [-0.4, -0.2) is 45.6 Å². The number of nitrogens with zero attached hydrogens (tertiary/aromatic N) is 5. The van der Waals surface area contributed by atoms with Gasteiger partial charge in [0, 0.05) is 38.6 Å². The molecule has 25 heavy (non-hydrogen) atoms. The molecule has 0 radical (unpaired) electrons. The summed E-state index contributed by atoms with van der Waals surface area (Å²) in [5.41, 5.74) is 1.73. The SMILES string of the molecule is Cc1ccc(N2CCCC3(CCN(Cc4cccnc4)C3=O)C2)nn1. The minimum absolute atomic E-state index is 0.271. The Morgan fingerprint density at radius 3 is 2.84 bits per heavy atom. The van der Waals surface area contributed by atoms with Crippen LogP contribution in [0, 0.1) is 12.3 Å². The number of carbonyl (C=O) groups excluding carboxylic acids is 1. The number of likely N-dealkylation sites (tertiary alicyclic amines) is 1. The average molecular weight is 337 g/mol. The Hall–Kier alpha value is -2.50. The van der Waals surface area contributed by atoms with Gasteiger partial charge in [-0.2, -0.15) is 5.10 Å². The number of anilines is 1. The summed E-state index contributed by atoms with van der Waals surface area (Å²) in [5, 5.41) is 8.48. The molecule has 1 atom stereocenters. The first kappa shape index (κ1) is 16.0. The van der Waals surface area contributed by atoms with E-state index in [4.69, 9.17) is 0 Å². The lowest BCUT2D eigenvalue weighted by Gasteiger charge is -2.39. The van der Waals surface area contributed by atoms with Gasteiger partial charge in [-0.1, -0.05) is 6.07 Å². The molecule has 4 heterocycles. The van der Waals surface area contributed by atoms with E-state index in [1.807, 2.05) is 42.3 Å². The zero-order chi connectivity index (χ0) is 17.3. The van der Waals surface area contributed by atoms with E-state index in [-0.39, 0.29) is 11.3 Å². The molecule has 0 bridgehead atoms. The molecule has 2 aliphatic heterocycles. The fraction of sp³-hybridized carbons (Fsp3) is 0.474. The number of carbonyl (C=O) groups is 1. The van der Waals surface area contributed by atoms with Gasteiger partial charge in [-0.05, 0) is 49.9 Å². The molecule has 0 saturated carbocycles. The van der Waals surface area contributed by atoms with Crippen LogP contribution >= 0.6 is 0 Å². The zero-order valence-electron chi connectivity index (χ0n) is 14.6. The van der Waals surface area contributed by atoms with Gasteiger partial charge in [0.2, 0.25) is 5.91 Å². The summed E-state index contributed by atoms with van der Waals surface area (Å²) in [7, 11) is 0. The van der Waals surface area contributed by atoms with Gasteiger partial charge >= 0.3 is 0 Å². The van der Waals surface area contributed by atoms with Crippen molar-refractivity contribution in [1.82, 2.24) is 20.1 Å². The smallest absolute Gasteiger partial charge is 0.230 e. The van der Waals surface area contributed by atoms with Crippen LogP contribution in [0.4, 0.5) is 5.82 Å². The average Bonchev–Trinajstić information content (AvgIpc) is 2.93. The van der Waals surface area contributed by atoms with Gasteiger partial charge in [0.25, 0.3) is 0 Å². The van der Waals surface area contributed by atoms with Gasteiger partial charge in [0.05, 0.1) is 11.1 Å². The number of pyridine rings is 1. The molecule has 0 aromatic carbocycles. The van der Waals surface area contributed by atoms with Gasteiger partial charge in [-0.15, -0.1) is 5.10 Å². The van der Waals surface area contributed by atoms with Crippen molar-refractivity contribution in [3.8, 4) is 0 Å². The molecule has 0 N–H and O–H groups in total. The van der Waals surface area contributed by atoms with E-state index in [0.717, 1.165) is 56.0 Å². The van der Waals surface area contributed by atoms with Gasteiger partial charge in [0.1, 0.15) is 0 Å². The summed E-state index contributed by atoms with van der Waals surface area (Å²) in [5.74, 6) is 1.16. The number of rotatable bonds is 3. The van der Waals surface area contributed by atoms with Crippen molar-refractivity contribution in [3.05, 3.63) is 47.9 Å². The lowest BCUT2D eigenvalue weighted by Crippen LogP contribution is -2.48. The third-order valence-corrected chi connectivity index (χ3v) is 5.38. The number of piperidine rings is 1. The molecule has 0 aliphatic carbocycles. The van der Waals surface area contributed by atoms with Crippen LogP contribution in [0.2, 0.25) is 0 Å². The number of amides is 1. The Morgan fingerprint density at radius 2 is 2.08 bits per heavy atom. The van der Waals surface area contributed by atoms with E-state index < -0.39 is 0 Å². The number of hydrogen-bond acceptors (Lipinski definition) is 5. The van der Waals surface area contributed by atoms with Crippen LogP contribution < -0.4 is 4.90 Å². The van der Waals surface area contributed by atoms with Gasteiger partial charge in [-0.25, -0.2) is 0 Å². The second-order valence-corrected chi connectivity index (χ2v) is 7.18. The molecule has 2 aromatic rings. The van der Waals surface area contributed by atoms with Crippen molar-refractivity contribution in [2.24, 2.45) is 5.41 Å². The highest BCUT2D eigenvalue weighted by molar-refractivity contribution is 5.85. The molecule has 2 fully saturated rings. The first-order valence-corrected chi connectivity index (χ1v) is 8.90. The minimum Gasteiger partial charge on any atom is -0.354 e. The Bertz CT molecular complexity index is 748. The normalized spacial score (nSPS) is 23.5. The Kier molecular flexibility index (Phi) is 4.11. The molecule has 2 saturated heterocycles. The van der Waals surface area contributed by atoms with E-state index in [0.29, 0.717) is 6.54 Å². The summed E-state index contributed by atoms with van der Waals surface area (Å²) < 4.78 is 0. The maximum atomic E-state index is 13.2. The maximum absolute atomic E-state index is 13.2. The fourth-order valence-corrected chi connectivity index (χ4v) is 4.02. The summed E-state index contributed by atoms with van der Waals surface area (Å²) in [6.45, 7) is 5.09. The van der Waals surface area contributed by atoms with Gasteiger partial charge in [0.15, 0.2) is 5.82 Å². The quantitative estimate of drug-likeness (QED) is 0.859. The van der Waals surface area contributed by atoms with Crippen molar-refractivity contribution in [3.63, 3.8) is 0 Å². The second-order valence-electron chi connectivity index (χ2n) is 7.18. The van der Waals surface area contributed by atoms with E-state index in [2.05, 4.69) is 20.1 Å². The molecule has 1 unspecified atom stereocenters. The van der Waals surface area contributed by atoms with Crippen molar-refractivity contribution in [2.45, 2.75) is 32.7 Å². The Morgan fingerprint density at radius 1 is 1.16 bits per heavy atom. The molecule has 2 aliphatic rings. The lowest BCUT2D eigenvalue weighted by molar-refractivity contribution is -0.137. The third-order valence-electron chi connectivity index (χ3n) is 5.38. The zero-order valence-corrected chi connectivity index (χ0v) is 14.6. The fourth-order valence-electron chi connectivity index (χ4n) is 4.02. The van der Waals surface area contributed by atoms with Gasteiger partial charge < -0.3 is 9.80 Å². The lowest BCUT2D eigenvalue weighted by atomic mass is 9.78. The summed E-state index contributed by atoms with van der Waals surface area (Å²) in [6, 6.07) is 7.94. The number of aryl methyl sites for hydroxylation is 1. The molecule has 4 rings (SSSR count). The van der Waals surface area contributed by atoms with E-state index >= 15 is 0 Å². The highest BCUT2D eigenvalue weighted by Gasteiger charge is 2.49. The summed E-state index contributed by atoms with van der Waals surface area (Å²) >= 11 is 0. The van der Waals surface area contributed by atoms with Gasteiger partial charge in [-0.3, -0.25) is 9.78 Å². The van der Waals surface area contributed by atoms with E-state index in [9.17, 15) is 4.79 Å². The maximum Gasteiger partial charge on any atom is 0.230 e. The molecule has 6 heteroatoms. The molecule has 1 amide bonds. The van der Waals surface area contributed by atoms with Crippen molar-refractivity contribution in [2.75, 3.05) is 24.5 Å². The van der Waals surface area contributed by atoms with Crippen LogP contribution in [0.1, 0.15) is 30.5 Å². The van der Waals surface area contributed by atoms with Crippen molar-refractivity contribution in [1.29, 1.82) is 0 Å². The molecule has 2 aromatic heterocycles. The summed E-state index contributed by atoms with van der Waals surface area (Å²) in [6.07, 6.45) is 6.50. The first-order chi connectivity index (χ1) is 12.2. The monoisotopic (exact) mass is 337 g/mol. The molecular formula is C19H23N5O. The minimum atomic E-state index is -0.271. The largest absolute Gasteiger partial charge is 0.354 e. The topological polar surface area (TPSA) is 62.2 Å². The van der Waals surface area contributed by atoms with Crippen LogP contribution in [0.15, 0.2) is 36.7 Å². The van der Waals surface area contributed by atoms with Crippen LogP contribution in [-0.2, 0) is 11.3 Å². The first-order valence-electron chi connectivity index (χ1n) is 8.90. The standard InChI is InChI=1S/C19H23N5O/c1-15-5-6-17(22-21-15)24-10-3-7-19(14-24)8-11-23(18(19)25)13-16-4-2-9-20-12-16/h2,4-6,9,12H,3,7-8,10-11,13-14H2,1H3. The highest BCUT2D eigenvalue weighted by atomic mass is 16.2.